The number of hydrogen-bond acceptors (Lipinski definition) is 3. The Balaban J connectivity index is 1.51. The fourth-order valence-corrected chi connectivity index (χ4v) is 3.15. The first-order chi connectivity index (χ1) is 13.9. The Morgan fingerprint density at radius 1 is 1.14 bits per heavy atom. The fraction of sp³-hybridized carbons (Fsp3) is 0.0952. The van der Waals surface area contributed by atoms with E-state index in [1.807, 2.05) is 13.8 Å². The lowest BCUT2D eigenvalue weighted by atomic mass is 10.2. The number of aryl methyl sites for hydroxylation is 1. The monoisotopic (exact) mass is 409 g/mol. The molecule has 2 aromatic heterocycles. The lowest BCUT2D eigenvalue weighted by molar-refractivity contribution is 0.102. The van der Waals surface area contributed by atoms with Crippen molar-refractivity contribution in [2.45, 2.75) is 13.8 Å². The number of imidazole rings is 1. The van der Waals surface area contributed by atoms with E-state index in [9.17, 15) is 9.18 Å². The van der Waals surface area contributed by atoms with E-state index in [-0.39, 0.29) is 5.91 Å². The highest BCUT2D eigenvalue weighted by molar-refractivity contribution is 6.31. The number of carbonyl (C=O) groups excluding carboxylic acids is 1. The van der Waals surface area contributed by atoms with E-state index in [4.69, 9.17) is 11.6 Å². The van der Waals surface area contributed by atoms with Crippen molar-refractivity contribution in [3.8, 4) is 11.4 Å². The molecule has 0 atom stereocenters. The molecule has 0 bridgehead atoms. The van der Waals surface area contributed by atoms with Gasteiger partial charge in [-0.2, -0.15) is 5.10 Å². The molecule has 1 amide bonds. The molecule has 146 valence electrons. The molecule has 0 aliphatic heterocycles. The van der Waals surface area contributed by atoms with Crippen molar-refractivity contribution in [3.05, 3.63) is 89.0 Å². The van der Waals surface area contributed by atoms with Crippen molar-refractivity contribution in [1.82, 2.24) is 19.3 Å². The van der Waals surface area contributed by atoms with Crippen molar-refractivity contribution in [1.29, 1.82) is 0 Å². The standard InChI is InChI=1S/C21H17ClFN5O/c1-13-20(22)14(2)28(26-13)17-6-3-15(4-7-17)21(29)25-16-5-8-19(18(23)11-16)27-10-9-24-12-27/h3-12H,1-2H3,(H,25,29). The van der Waals surface area contributed by atoms with Crippen LogP contribution >= 0.6 is 11.6 Å². The van der Waals surface area contributed by atoms with Crippen molar-refractivity contribution < 1.29 is 9.18 Å². The molecule has 2 aromatic carbocycles. The highest BCUT2D eigenvalue weighted by atomic mass is 35.5. The van der Waals surface area contributed by atoms with Crippen LogP contribution in [0.25, 0.3) is 11.4 Å². The zero-order valence-electron chi connectivity index (χ0n) is 15.7. The number of carbonyl (C=O) groups is 1. The number of aromatic nitrogens is 4. The van der Waals surface area contributed by atoms with Gasteiger partial charge in [0.2, 0.25) is 0 Å². The third-order valence-electron chi connectivity index (χ3n) is 4.57. The zero-order valence-corrected chi connectivity index (χ0v) is 16.5. The molecule has 1 N–H and O–H groups in total. The molecule has 0 saturated carbocycles. The minimum atomic E-state index is -0.461. The Hall–Kier alpha value is -3.45. The van der Waals surface area contributed by atoms with E-state index in [1.165, 1.54) is 12.4 Å². The fourth-order valence-electron chi connectivity index (χ4n) is 3.03. The van der Waals surface area contributed by atoms with Crippen LogP contribution < -0.4 is 5.32 Å². The molecule has 4 aromatic rings. The van der Waals surface area contributed by atoms with E-state index >= 15 is 0 Å². The summed E-state index contributed by atoms with van der Waals surface area (Å²) >= 11 is 6.19. The summed E-state index contributed by atoms with van der Waals surface area (Å²) in [6.07, 6.45) is 4.72. The summed E-state index contributed by atoms with van der Waals surface area (Å²) in [7, 11) is 0. The normalized spacial score (nSPS) is 10.9. The largest absolute Gasteiger partial charge is 0.322 e. The van der Waals surface area contributed by atoms with Crippen LogP contribution in [-0.4, -0.2) is 25.2 Å². The first kappa shape index (κ1) is 18.9. The van der Waals surface area contributed by atoms with E-state index in [0.717, 1.165) is 17.1 Å². The van der Waals surface area contributed by atoms with Gasteiger partial charge in [-0.1, -0.05) is 11.6 Å². The van der Waals surface area contributed by atoms with Crippen molar-refractivity contribution >= 4 is 23.2 Å². The molecular weight excluding hydrogens is 393 g/mol. The Bertz CT molecular complexity index is 1180. The maximum absolute atomic E-state index is 14.4. The van der Waals surface area contributed by atoms with Crippen LogP contribution in [0.2, 0.25) is 5.02 Å². The molecule has 8 heteroatoms. The maximum Gasteiger partial charge on any atom is 0.255 e. The average molecular weight is 410 g/mol. The van der Waals surface area contributed by atoms with Gasteiger partial charge in [-0.3, -0.25) is 4.79 Å². The SMILES string of the molecule is Cc1nn(-c2ccc(C(=O)Nc3ccc(-n4ccnc4)c(F)c3)cc2)c(C)c1Cl. The second-order valence-corrected chi connectivity index (χ2v) is 6.91. The zero-order chi connectivity index (χ0) is 20.5. The van der Waals surface area contributed by atoms with Gasteiger partial charge in [-0.25, -0.2) is 14.1 Å². The summed E-state index contributed by atoms with van der Waals surface area (Å²) in [5.74, 6) is -0.796. The molecule has 29 heavy (non-hydrogen) atoms. The third kappa shape index (κ3) is 3.64. The summed E-state index contributed by atoms with van der Waals surface area (Å²) in [6.45, 7) is 3.72. The molecule has 0 unspecified atom stereocenters. The van der Waals surface area contributed by atoms with Crippen molar-refractivity contribution in [2.75, 3.05) is 5.32 Å². The number of amides is 1. The summed E-state index contributed by atoms with van der Waals surface area (Å²) in [5, 5.41) is 7.72. The summed E-state index contributed by atoms with van der Waals surface area (Å²) in [5.41, 5.74) is 3.53. The molecule has 4 rings (SSSR count). The quantitative estimate of drug-likeness (QED) is 0.530. The summed E-state index contributed by atoms with van der Waals surface area (Å²) < 4.78 is 17.6. The van der Waals surface area contributed by atoms with Gasteiger partial charge in [-0.15, -0.1) is 0 Å². The molecule has 2 heterocycles. The van der Waals surface area contributed by atoms with Gasteiger partial charge in [0.05, 0.1) is 34.1 Å². The number of benzene rings is 2. The lowest BCUT2D eigenvalue weighted by Crippen LogP contribution is -2.12. The number of anilines is 1. The van der Waals surface area contributed by atoms with Gasteiger partial charge in [0.25, 0.3) is 5.91 Å². The number of halogens is 2. The van der Waals surface area contributed by atoms with Crippen molar-refractivity contribution in [3.63, 3.8) is 0 Å². The van der Waals surface area contributed by atoms with Crippen LogP contribution in [0, 0.1) is 19.7 Å². The van der Waals surface area contributed by atoms with Gasteiger partial charge < -0.3 is 9.88 Å². The molecule has 0 fully saturated rings. The third-order valence-corrected chi connectivity index (χ3v) is 5.11. The second kappa shape index (κ2) is 7.52. The number of nitrogens with one attached hydrogen (secondary N) is 1. The first-order valence-electron chi connectivity index (χ1n) is 8.85. The summed E-state index contributed by atoms with van der Waals surface area (Å²) in [4.78, 5) is 16.4. The van der Waals surface area contributed by atoms with E-state index < -0.39 is 5.82 Å². The highest BCUT2D eigenvalue weighted by Crippen LogP contribution is 2.23. The Labute approximate surface area is 171 Å². The minimum absolute atomic E-state index is 0.335. The number of rotatable bonds is 4. The number of hydrogen-bond donors (Lipinski definition) is 1. The predicted molar refractivity (Wildman–Crippen MR) is 110 cm³/mol. The topological polar surface area (TPSA) is 64.7 Å². The molecule has 0 aliphatic rings. The molecule has 0 radical (unpaired) electrons. The molecule has 0 saturated heterocycles. The van der Waals surface area contributed by atoms with Gasteiger partial charge in [0, 0.05) is 23.6 Å². The highest BCUT2D eigenvalue weighted by Gasteiger charge is 2.13. The van der Waals surface area contributed by atoms with Gasteiger partial charge in [-0.05, 0) is 56.3 Å². The van der Waals surface area contributed by atoms with E-state index in [1.54, 1.807) is 58.0 Å². The van der Waals surface area contributed by atoms with Gasteiger partial charge in [0.1, 0.15) is 5.82 Å². The lowest BCUT2D eigenvalue weighted by Gasteiger charge is -2.09. The van der Waals surface area contributed by atoms with Crippen LogP contribution in [0.1, 0.15) is 21.7 Å². The number of nitrogens with zero attached hydrogens (tertiary/aromatic N) is 4. The minimum Gasteiger partial charge on any atom is -0.322 e. The predicted octanol–water partition coefficient (Wildman–Crippen LogP) is 4.72. The van der Waals surface area contributed by atoms with Crippen LogP contribution in [0.5, 0.6) is 0 Å². The van der Waals surface area contributed by atoms with Crippen LogP contribution in [-0.2, 0) is 0 Å². The van der Waals surface area contributed by atoms with E-state index in [0.29, 0.717) is 22.0 Å². The molecule has 0 aliphatic carbocycles. The van der Waals surface area contributed by atoms with Crippen LogP contribution in [0.4, 0.5) is 10.1 Å². The van der Waals surface area contributed by atoms with Gasteiger partial charge in [0.15, 0.2) is 0 Å². The molecule has 0 spiro atoms. The average Bonchev–Trinajstić information content (AvgIpc) is 3.33. The second-order valence-electron chi connectivity index (χ2n) is 6.53. The maximum atomic E-state index is 14.4. The smallest absolute Gasteiger partial charge is 0.255 e. The Morgan fingerprint density at radius 3 is 2.48 bits per heavy atom. The van der Waals surface area contributed by atoms with Crippen LogP contribution in [0.15, 0.2) is 61.2 Å². The van der Waals surface area contributed by atoms with Gasteiger partial charge >= 0.3 is 0 Å². The Kier molecular flexibility index (Phi) is 4.90. The molecule has 6 nitrogen and oxygen atoms in total. The van der Waals surface area contributed by atoms with E-state index in [2.05, 4.69) is 15.4 Å². The van der Waals surface area contributed by atoms with Crippen LogP contribution in [0.3, 0.4) is 0 Å². The molecular formula is C21H17ClFN5O. The first-order valence-corrected chi connectivity index (χ1v) is 9.23. The summed E-state index contributed by atoms with van der Waals surface area (Å²) in [6, 6.07) is 11.4. The Morgan fingerprint density at radius 2 is 1.90 bits per heavy atom. The van der Waals surface area contributed by atoms with Crippen molar-refractivity contribution in [2.24, 2.45) is 0 Å².